The Morgan fingerprint density at radius 3 is 2.50 bits per heavy atom. The van der Waals surface area contributed by atoms with Gasteiger partial charge < -0.3 is 9.64 Å². The Labute approximate surface area is 71.5 Å². The molecule has 1 rings (SSSR count). The Morgan fingerprint density at radius 1 is 1.50 bits per heavy atom. The van der Waals surface area contributed by atoms with Crippen LogP contribution in [0.25, 0.3) is 0 Å². The zero-order valence-corrected chi connectivity index (χ0v) is 7.37. The molecule has 0 heterocycles. The third-order valence-electron chi connectivity index (χ3n) is 1.86. The van der Waals surface area contributed by atoms with Crippen molar-refractivity contribution in [2.75, 3.05) is 13.7 Å². The van der Waals surface area contributed by atoms with E-state index in [-0.39, 0.29) is 12.6 Å². The molecule has 0 radical (unpaired) electrons. The van der Waals surface area contributed by atoms with Crippen LogP contribution in [0.1, 0.15) is 19.8 Å². The maximum absolute atomic E-state index is 11.2. The first kappa shape index (κ1) is 9.03. The highest BCUT2D eigenvalue weighted by atomic mass is 16.5. The van der Waals surface area contributed by atoms with Crippen LogP contribution in [0.3, 0.4) is 0 Å². The van der Waals surface area contributed by atoms with Gasteiger partial charge in [-0.05, 0) is 19.8 Å². The molecule has 1 fully saturated rings. The zero-order valence-electron chi connectivity index (χ0n) is 7.37. The highest BCUT2D eigenvalue weighted by Crippen LogP contribution is 2.25. The molecule has 68 valence electrons. The molecule has 0 aliphatic heterocycles. The summed E-state index contributed by atoms with van der Waals surface area (Å²) in [5, 5.41) is 0. The molecule has 1 amide bonds. The van der Waals surface area contributed by atoms with Crippen molar-refractivity contribution in [1.29, 1.82) is 0 Å². The highest BCUT2D eigenvalue weighted by Gasteiger charge is 2.33. The summed E-state index contributed by atoms with van der Waals surface area (Å²) in [5.74, 6) is -1.27. The predicted molar refractivity (Wildman–Crippen MR) is 42.4 cm³/mol. The maximum Gasteiger partial charge on any atom is 0.397 e. The van der Waals surface area contributed by atoms with Crippen molar-refractivity contribution in [2.45, 2.75) is 25.8 Å². The van der Waals surface area contributed by atoms with Gasteiger partial charge in [-0.1, -0.05) is 0 Å². The average Bonchev–Trinajstić information content (AvgIpc) is 2.84. The summed E-state index contributed by atoms with van der Waals surface area (Å²) < 4.78 is 4.57. The van der Waals surface area contributed by atoms with Gasteiger partial charge in [0.25, 0.3) is 0 Å². The summed E-state index contributed by atoms with van der Waals surface area (Å²) >= 11 is 0. The normalized spacial score (nSPS) is 15.5. The predicted octanol–water partition coefficient (Wildman–Crippen LogP) is 0.170. The summed E-state index contributed by atoms with van der Waals surface area (Å²) in [7, 11) is 1.64. The lowest BCUT2D eigenvalue weighted by Crippen LogP contribution is -2.36. The van der Waals surface area contributed by atoms with Crippen LogP contribution in [0.4, 0.5) is 0 Å². The molecule has 4 nitrogen and oxygen atoms in total. The van der Waals surface area contributed by atoms with Crippen molar-refractivity contribution in [3.63, 3.8) is 0 Å². The first-order valence-corrected chi connectivity index (χ1v) is 4.10. The third-order valence-corrected chi connectivity index (χ3v) is 1.86. The molecule has 4 heteroatoms. The number of hydrogen-bond acceptors (Lipinski definition) is 3. The van der Waals surface area contributed by atoms with Crippen molar-refractivity contribution in [3.8, 4) is 0 Å². The molecule has 1 saturated carbocycles. The molecule has 0 saturated heterocycles. The van der Waals surface area contributed by atoms with Gasteiger partial charge >= 0.3 is 11.9 Å². The Kier molecular flexibility index (Phi) is 2.68. The molecule has 0 N–H and O–H groups in total. The lowest BCUT2D eigenvalue weighted by molar-refractivity contribution is -0.159. The minimum atomic E-state index is -0.744. The Morgan fingerprint density at radius 2 is 2.08 bits per heavy atom. The van der Waals surface area contributed by atoms with Crippen LogP contribution >= 0.6 is 0 Å². The van der Waals surface area contributed by atoms with Crippen molar-refractivity contribution in [3.05, 3.63) is 0 Å². The van der Waals surface area contributed by atoms with E-state index in [2.05, 4.69) is 4.74 Å². The molecule has 0 aromatic rings. The minimum absolute atomic E-state index is 0.253. The fourth-order valence-electron chi connectivity index (χ4n) is 0.964. The lowest BCUT2D eigenvalue weighted by Gasteiger charge is -2.13. The second-order valence-corrected chi connectivity index (χ2v) is 2.87. The first-order chi connectivity index (χ1) is 5.66. The smallest absolute Gasteiger partial charge is 0.397 e. The molecular weight excluding hydrogens is 158 g/mol. The SMILES string of the molecule is CCOC(=O)C(=O)N(C)C1CC1. The van der Waals surface area contributed by atoms with E-state index in [0.29, 0.717) is 0 Å². The number of carbonyl (C=O) groups is 2. The number of amides is 1. The average molecular weight is 171 g/mol. The van der Waals surface area contributed by atoms with E-state index in [1.54, 1.807) is 14.0 Å². The van der Waals surface area contributed by atoms with Gasteiger partial charge in [0.15, 0.2) is 0 Å². The molecule has 1 aliphatic rings. The van der Waals surface area contributed by atoms with Crippen molar-refractivity contribution < 1.29 is 14.3 Å². The standard InChI is InChI=1S/C8H13NO3/c1-3-12-8(11)7(10)9(2)6-4-5-6/h6H,3-5H2,1-2H3. The summed E-state index contributed by atoms with van der Waals surface area (Å²) in [6.07, 6.45) is 2.00. The van der Waals surface area contributed by atoms with Gasteiger partial charge in [-0.15, -0.1) is 0 Å². The van der Waals surface area contributed by atoms with Gasteiger partial charge in [-0.3, -0.25) is 4.79 Å². The summed E-state index contributed by atoms with van der Waals surface area (Å²) in [6, 6.07) is 0.266. The van der Waals surface area contributed by atoms with Crippen LogP contribution in [0.2, 0.25) is 0 Å². The molecule has 0 aromatic carbocycles. The van der Waals surface area contributed by atoms with Gasteiger partial charge in [0.05, 0.1) is 6.61 Å². The third kappa shape index (κ3) is 1.96. The number of hydrogen-bond donors (Lipinski definition) is 0. The second kappa shape index (κ2) is 3.56. The van der Waals surface area contributed by atoms with Crippen LogP contribution in [-0.2, 0) is 14.3 Å². The van der Waals surface area contributed by atoms with Gasteiger partial charge in [-0.25, -0.2) is 4.79 Å². The number of ether oxygens (including phenoxy) is 1. The molecule has 0 spiro atoms. The van der Waals surface area contributed by atoms with Crippen molar-refractivity contribution in [2.24, 2.45) is 0 Å². The molecule has 1 aliphatic carbocycles. The summed E-state index contributed by atoms with van der Waals surface area (Å²) in [4.78, 5) is 23.5. The maximum atomic E-state index is 11.2. The van der Waals surface area contributed by atoms with Gasteiger partial charge in [0.1, 0.15) is 0 Å². The fourth-order valence-corrected chi connectivity index (χ4v) is 0.964. The molecule has 0 bridgehead atoms. The molecular formula is C8H13NO3. The van der Waals surface area contributed by atoms with E-state index in [1.807, 2.05) is 0 Å². The van der Waals surface area contributed by atoms with E-state index in [4.69, 9.17) is 0 Å². The van der Waals surface area contributed by atoms with Crippen LogP contribution < -0.4 is 0 Å². The lowest BCUT2D eigenvalue weighted by atomic mass is 10.5. The van der Waals surface area contributed by atoms with Crippen molar-refractivity contribution >= 4 is 11.9 Å². The minimum Gasteiger partial charge on any atom is -0.459 e. The number of nitrogens with zero attached hydrogens (tertiary/aromatic N) is 1. The number of likely N-dealkylation sites (N-methyl/N-ethyl adjacent to an activating group) is 1. The van der Waals surface area contributed by atoms with Crippen LogP contribution in [0, 0.1) is 0 Å². The number of esters is 1. The zero-order chi connectivity index (χ0) is 9.14. The summed E-state index contributed by atoms with van der Waals surface area (Å²) in [6.45, 7) is 1.94. The van der Waals surface area contributed by atoms with Gasteiger partial charge in [0.2, 0.25) is 0 Å². The summed E-state index contributed by atoms with van der Waals surface area (Å²) in [5.41, 5.74) is 0. The van der Waals surface area contributed by atoms with Crippen LogP contribution in [-0.4, -0.2) is 36.5 Å². The fraction of sp³-hybridized carbons (Fsp3) is 0.750. The Hall–Kier alpha value is -1.06. The van der Waals surface area contributed by atoms with E-state index in [1.165, 1.54) is 4.90 Å². The molecule has 0 unspecified atom stereocenters. The monoisotopic (exact) mass is 171 g/mol. The van der Waals surface area contributed by atoms with Gasteiger partial charge in [-0.2, -0.15) is 0 Å². The van der Waals surface area contributed by atoms with E-state index >= 15 is 0 Å². The number of rotatable bonds is 2. The van der Waals surface area contributed by atoms with Gasteiger partial charge in [0, 0.05) is 13.1 Å². The van der Waals surface area contributed by atoms with Crippen molar-refractivity contribution in [1.82, 2.24) is 4.90 Å². The quantitative estimate of drug-likeness (QED) is 0.439. The molecule has 12 heavy (non-hydrogen) atoms. The van der Waals surface area contributed by atoms with E-state index in [0.717, 1.165) is 12.8 Å². The molecule has 0 atom stereocenters. The first-order valence-electron chi connectivity index (χ1n) is 4.10. The van der Waals surface area contributed by atoms with E-state index < -0.39 is 11.9 Å². The largest absolute Gasteiger partial charge is 0.459 e. The second-order valence-electron chi connectivity index (χ2n) is 2.87. The topological polar surface area (TPSA) is 46.6 Å². The highest BCUT2D eigenvalue weighted by molar-refractivity contribution is 6.32. The van der Waals surface area contributed by atoms with Crippen LogP contribution in [0.5, 0.6) is 0 Å². The Bertz CT molecular complexity index is 198. The molecule has 0 aromatic heterocycles. The van der Waals surface area contributed by atoms with E-state index in [9.17, 15) is 9.59 Å². The number of carbonyl (C=O) groups excluding carboxylic acids is 2. The van der Waals surface area contributed by atoms with Crippen LogP contribution in [0.15, 0.2) is 0 Å². The Balaban J connectivity index is 2.39.